The van der Waals surface area contributed by atoms with Gasteiger partial charge in [0, 0.05) is 5.92 Å². The van der Waals surface area contributed by atoms with Crippen LogP contribution in [0.15, 0.2) is 0 Å². The van der Waals surface area contributed by atoms with Crippen molar-refractivity contribution in [2.24, 2.45) is 29.6 Å². The summed E-state index contributed by atoms with van der Waals surface area (Å²) in [5.74, 6) is 1.91. The molecule has 4 heteroatoms. The minimum absolute atomic E-state index is 0.00227. The molecule has 18 heavy (non-hydrogen) atoms. The van der Waals surface area contributed by atoms with E-state index in [-0.39, 0.29) is 11.8 Å². The van der Waals surface area contributed by atoms with E-state index < -0.39 is 12.0 Å². The van der Waals surface area contributed by atoms with E-state index in [1.165, 1.54) is 19.3 Å². The van der Waals surface area contributed by atoms with Crippen LogP contribution in [0.2, 0.25) is 0 Å². The second kappa shape index (κ2) is 4.25. The van der Waals surface area contributed by atoms with Crippen molar-refractivity contribution in [3.05, 3.63) is 0 Å². The number of fused-ring (bicyclic) bond motifs is 5. The van der Waals surface area contributed by atoms with Crippen molar-refractivity contribution in [3.63, 3.8) is 0 Å². The predicted octanol–water partition coefficient (Wildman–Crippen LogP) is 1.65. The number of hydrogen-bond acceptors (Lipinski definition) is 2. The van der Waals surface area contributed by atoms with E-state index in [1.807, 2.05) is 6.92 Å². The molecule has 3 rings (SSSR count). The average molecular weight is 251 g/mol. The van der Waals surface area contributed by atoms with Crippen molar-refractivity contribution in [1.82, 2.24) is 5.32 Å². The Morgan fingerprint density at radius 2 is 1.89 bits per heavy atom. The second-order valence-corrected chi connectivity index (χ2v) is 6.20. The van der Waals surface area contributed by atoms with Gasteiger partial charge in [-0.15, -0.1) is 0 Å². The summed E-state index contributed by atoms with van der Waals surface area (Å²) in [4.78, 5) is 23.2. The minimum atomic E-state index is -0.904. The van der Waals surface area contributed by atoms with Crippen molar-refractivity contribution in [2.75, 3.05) is 0 Å². The van der Waals surface area contributed by atoms with Crippen LogP contribution >= 0.6 is 0 Å². The van der Waals surface area contributed by atoms with E-state index in [1.54, 1.807) is 0 Å². The largest absolute Gasteiger partial charge is 0.480 e. The SMILES string of the molecule is CCC[C@H](NC(=O)C1C2C3CCC(C3)C12)C(=O)O. The Kier molecular flexibility index (Phi) is 2.83. The summed E-state index contributed by atoms with van der Waals surface area (Å²) in [5, 5.41) is 11.8. The first-order valence-electron chi connectivity index (χ1n) is 7.16. The minimum Gasteiger partial charge on any atom is -0.480 e. The van der Waals surface area contributed by atoms with Gasteiger partial charge in [-0.3, -0.25) is 4.79 Å². The summed E-state index contributed by atoms with van der Waals surface area (Å²) >= 11 is 0. The zero-order chi connectivity index (χ0) is 12.9. The molecule has 1 amide bonds. The highest BCUT2D eigenvalue weighted by atomic mass is 16.4. The fourth-order valence-electron chi connectivity index (χ4n) is 4.49. The van der Waals surface area contributed by atoms with Crippen molar-refractivity contribution in [3.8, 4) is 0 Å². The molecule has 0 aromatic heterocycles. The van der Waals surface area contributed by atoms with Gasteiger partial charge in [-0.1, -0.05) is 13.3 Å². The van der Waals surface area contributed by atoms with Crippen molar-refractivity contribution >= 4 is 11.9 Å². The number of carboxylic acid groups (broad SMARTS) is 1. The number of carboxylic acids is 1. The van der Waals surface area contributed by atoms with Crippen LogP contribution in [0, 0.1) is 29.6 Å². The molecule has 0 radical (unpaired) electrons. The lowest BCUT2D eigenvalue weighted by Gasteiger charge is -2.15. The Labute approximate surface area is 107 Å². The first kappa shape index (κ1) is 12.0. The first-order chi connectivity index (χ1) is 8.63. The summed E-state index contributed by atoms with van der Waals surface area (Å²) in [7, 11) is 0. The zero-order valence-corrected chi connectivity index (χ0v) is 10.8. The highest BCUT2D eigenvalue weighted by Gasteiger charge is 2.67. The fraction of sp³-hybridized carbons (Fsp3) is 0.857. The van der Waals surface area contributed by atoms with E-state index in [4.69, 9.17) is 5.11 Å². The van der Waals surface area contributed by atoms with Gasteiger partial charge in [0.15, 0.2) is 0 Å². The van der Waals surface area contributed by atoms with Crippen molar-refractivity contribution < 1.29 is 14.7 Å². The Bertz CT molecular complexity index is 365. The Hall–Kier alpha value is -1.06. The van der Waals surface area contributed by atoms with Gasteiger partial charge in [-0.2, -0.15) is 0 Å². The molecule has 0 aromatic carbocycles. The highest BCUT2D eigenvalue weighted by molar-refractivity contribution is 5.87. The maximum atomic E-state index is 12.2. The van der Waals surface area contributed by atoms with Crippen LogP contribution < -0.4 is 5.32 Å². The van der Waals surface area contributed by atoms with Gasteiger partial charge in [0.25, 0.3) is 0 Å². The van der Waals surface area contributed by atoms with E-state index in [0.717, 1.165) is 18.3 Å². The molecule has 2 N–H and O–H groups in total. The van der Waals surface area contributed by atoms with Crippen molar-refractivity contribution in [1.29, 1.82) is 0 Å². The third-order valence-electron chi connectivity index (χ3n) is 5.23. The summed E-state index contributed by atoms with van der Waals surface area (Å²) in [6.45, 7) is 1.94. The quantitative estimate of drug-likeness (QED) is 0.780. The van der Waals surface area contributed by atoms with E-state index >= 15 is 0 Å². The van der Waals surface area contributed by atoms with Gasteiger partial charge in [-0.25, -0.2) is 4.79 Å². The third kappa shape index (κ3) is 1.73. The highest BCUT2D eigenvalue weighted by Crippen LogP contribution is 2.69. The molecular formula is C14H21NO3. The lowest BCUT2D eigenvalue weighted by molar-refractivity contribution is -0.142. The number of carbonyl (C=O) groups is 2. The summed E-state index contributed by atoms with van der Waals surface area (Å²) in [5.41, 5.74) is 0. The molecule has 3 fully saturated rings. The van der Waals surface area contributed by atoms with Crippen LogP contribution in [0.4, 0.5) is 0 Å². The number of amides is 1. The lowest BCUT2D eigenvalue weighted by Crippen LogP contribution is -2.42. The lowest BCUT2D eigenvalue weighted by atomic mass is 10.0. The molecule has 3 saturated carbocycles. The number of nitrogens with one attached hydrogen (secondary N) is 1. The van der Waals surface area contributed by atoms with Crippen LogP contribution in [-0.2, 0) is 9.59 Å². The number of rotatable bonds is 5. The molecule has 0 spiro atoms. The van der Waals surface area contributed by atoms with Crippen LogP contribution in [0.25, 0.3) is 0 Å². The van der Waals surface area contributed by atoms with Crippen molar-refractivity contribution in [2.45, 2.75) is 45.1 Å². The van der Waals surface area contributed by atoms with Crippen LogP contribution in [-0.4, -0.2) is 23.0 Å². The van der Waals surface area contributed by atoms with Gasteiger partial charge in [-0.05, 0) is 49.4 Å². The van der Waals surface area contributed by atoms with E-state index in [9.17, 15) is 9.59 Å². The summed E-state index contributed by atoms with van der Waals surface area (Å²) in [6.07, 6.45) is 5.19. The average Bonchev–Trinajstić information content (AvgIpc) is 2.78. The smallest absolute Gasteiger partial charge is 0.326 e. The molecule has 0 aromatic rings. The Morgan fingerprint density at radius 3 is 2.39 bits per heavy atom. The van der Waals surface area contributed by atoms with E-state index in [2.05, 4.69) is 5.32 Å². The molecule has 0 heterocycles. The topological polar surface area (TPSA) is 66.4 Å². The monoisotopic (exact) mass is 251 g/mol. The predicted molar refractivity (Wildman–Crippen MR) is 65.8 cm³/mol. The molecule has 3 aliphatic rings. The summed E-state index contributed by atoms with van der Waals surface area (Å²) < 4.78 is 0. The zero-order valence-electron chi connectivity index (χ0n) is 10.8. The molecule has 0 aliphatic heterocycles. The van der Waals surface area contributed by atoms with Gasteiger partial charge in [0.1, 0.15) is 6.04 Å². The van der Waals surface area contributed by atoms with Crippen LogP contribution in [0.5, 0.6) is 0 Å². The van der Waals surface area contributed by atoms with Crippen LogP contribution in [0.1, 0.15) is 39.0 Å². The van der Waals surface area contributed by atoms with Gasteiger partial charge in [0.2, 0.25) is 5.91 Å². The normalized spacial score (nSPS) is 41.3. The number of carbonyl (C=O) groups excluding carboxylic acids is 1. The molecule has 2 bridgehead atoms. The maximum absolute atomic E-state index is 12.2. The molecule has 3 aliphatic carbocycles. The number of hydrogen-bond donors (Lipinski definition) is 2. The van der Waals surface area contributed by atoms with Gasteiger partial charge in [0.05, 0.1) is 0 Å². The molecule has 0 saturated heterocycles. The summed E-state index contributed by atoms with van der Waals surface area (Å²) in [6, 6.07) is -0.693. The fourth-order valence-corrected chi connectivity index (χ4v) is 4.49. The molecule has 4 nitrogen and oxygen atoms in total. The molecular weight excluding hydrogens is 230 g/mol. The van der Waals surface area contributed by atoms with Gasteiger partial charge < -0.3 is 10.4 Å². The van der Waals surface area contributed by atoms with Gasteiger partial charge >= 0.3 is 5.97 Å². The third-order valence-corrected chi connectivity index (χ3v) is 5.23. The molecule has 5 atom stereocenters. The molecule has 100 valence electrons. The second-order valence-electron chi connectivity index (χ2n) is 6.20. The number of aliphatic carboxylic acids is 1. The van der Waals surface area contributed by atoms with Crippen LogP contribution in [0.3, 0.4) is 0 Å². The molecule has 4 unspecified atom stereocenters. The Morgan fingerprint density at radius 1 is 1.28 bits per heavy atom. The van der Waals surface area contributed by atoms with E-state index in [0.29, 0.717) is 18.3 Å². The standard InChI is InChI=1S/C14H21NO3/c1-2-3-9(14(17)18)15-13(16)12-10-7-4-5-8(6-7)11(10)12/h7-12H,2-6H2,1H3,(H,15,16)(H,17,18)/t7?,8?,9-,10?,11?,12?/m0/s1. The Balaban J connectivity index is 1.58. The first-order valence-corrected chi connectivity index (χ1v) is 7.16. The maximum Gasteiger partial charge on any atom is 0.326 e.